The van der Waals surface area contributed by atoms with Crippen LogP contribution in [0.1, 0.15) is 36.9 Å². The second kappa shape index (κ2) is 13.2. The summed E-state index contributed by atoms with van der Waals surface area (Å²) in [5.41, 5.74) is 2.82. The number of nitrogens with zero attached hydrogens (tertiary/aromatic N) is 6. The summed E-state index contributed by atoms with van der Waals surface area (Å²) in [7, 11) is 0. The Balaban J connectivity index is 1.27. The zero-order chi connectivity index (χ0) is 31.6. The highest BCUT2D eigenvalue weighted by Crippen LogP contribution is 2.38. The number of aromatic nitrogens is 2. The van der Waals surface area contributed by atoms with E-state index in [1.165, 1.54) is 6.08 Å². The minimum Gasteiger partial charge on any atom is -0.461 e. The molecule has 1 amide bonds. The molecule has 0 spiro atoms. The third-order valence-electron chi connectivity index (χ3n) is 8.79. The number of halogens is 3. The van der Waals surface area contributed by atoms with Gasteiger partial charge in [0, 0.05) is 55.7 Å². The molecule has 1 unspecified atom stereocenters. The van der Waals surface area contributed by atoms with Crippen LogP contribution in [0, 0.1) is 11.3 Å². The molecule has 2 aromatic carbocycles. The molecule has 45 heavy (non-hydrogen) atoms. The first-order valence-electron chi connectivity index (χ1n) is 15.3. The number of anilines is 2. The highest BCUT2D eigenvalue weighted by Gasteiger charge is 2.40. The van der Waals surface area contributed by atoms with E-state index in [1.54, 1.807) is 4.90 Å². The molecule has 0 N–H and O–H groups in total. The summed E-state index contributed by atoms with van der Waals surface area (Å²) in [5, 5.41) is 12.2. The van der Waals surface area contributed by atoms with Gasteiger partial charge in [-0.05, 0) is 36.4 Å². The van der Waals surface area contributed by atoms with Crippen molar-refractivity contribution in [1.29, 1.82) is 5.26 Å². The number of hydrogen-bond acceptors (Lipinski definition) is 8. The van der Waals surface area contributed by atoms with Crippen LogP contribution >= 0.6 is 11.6 Å². The molecule has 2 aliphatic heterocycles. The maximum Gasteiger partial charge on any atom is 0.318 e. The topological polar surface area (TPSA) is 94.8 Å². The lowest BCUT2D eigenvalue weighted by atomic mass is 10.0. The van der Waals surface area contributed by atoms with E-state index in [0.29, 0.717) is 50.6 Å². The van der Waals surface area contributed by atoms with Crippen molar-refractivity contribution in [3.05, 3.63) is 65.3 Å². The summed E-state index contributed by atoms with van der Waals surface area (Å²) in [6, 6.07) is 14.0. The largest absolute Gasteiger partial charge is 0.461 e. The fourth-order valence-electron chi connectivity index (χ4n) is 6.59. The molecular weight excluding hydrogens is 602 g/mol. The Kier molecular flexibility index (Phi) is 9.06. The van der Waals surface area contributed by atoms with Gasteiger partial charge in [0.1, 0.15) is 12.4 Å². The third kappa shape index (κ3) is 6.67. The van der Waals surface area contributed by atoms with Crippen LogP contribution in [0.2, 0.25) is 5.02 Å². The van der Waals surface area contributed by atoms with E-state index in [1.807, 2.05) is 30.3 Å². The zero-order valence-electron chi connectivity index (χ0n) is 24.9. The Hall–Kier alpha value is -4.01. The third-order valence-corrected chi connectivity index (χ3v) is 9.10. The number of benzene rings is 2. The fraction of sp³-hybridized carbons (Fsp3) is 0.455. The van der Waals surface area contributed by atoms with Crippen molar-refractivity contribution in [3.63, 3.8) is 0 Å². The Bertz CT molecular complexity index is 1630. The number of piperazine rings is 1. The Morgan fingerprint density at radius 2 is 1.98 bits per heavy atom. The molecule has 2 atom stereocenters. The first kappa shape index (κ1) is 31.0. The molecule has 3 aliphatic rings. The van der Waals surface area contributed by atoms with Gasteiger partial charge in [-0.3, -0.25) is 4.79 Å². The number of fused-ring (bicyclic) bond motifs is 2. The van der Waals surface area contributed by atoms with Crippen LogP contribution in [0.5, 0.6) is 6.01 Å². The summed E-state index contributed by atoms with van der Waals surface area (Å²) < 4.78 is 38.8. The number of carbonyl (C=O) groups excluding carboxylic acids is 1. The Labute approximate surface area is 266 Å². The number of carbonyl (C=O) groups is 1. The van der Waals surface area contributed by atoms with Gasteiger partial charge >= 0.3 is 6.01 Å². The molecule has 3 aromatic rings. The van der Waals surface area contributed by atoms with E-state index >= 15 is 0 Å². The molecule has 0 radical (unpaired) electrons. The normalized spacial score (nSPS) is 21.0. The predicted octanol–water partition coefficient (Wildman–Crippen LogP) is 5.55. The minimum absolute atomic E-state index is 0.113. The monoisotopic (exact) mass is 636 g/mol. The maximum absolute atomic E-state index is 13.6. The van der Waals surface area contributed by atoms with E-state index in [-0.39, 0.29) is 50.4 Å². The number of amides is 1. The van der Waals surface area contributed by atoms with Crippen molar-refractivity contribution in [2.45, 2.75) is 56.7 Å². The van der Waals surface area contributed by atoms with Gasteiger partial charge in [-0.1, -0.05) is 42.4 Å². The SMILES string of the molecule is C=CC(=O)N1CCN(c2nc(OCCOC3CCC(F)(F)C3)nc3c2CCN(c2cccc4cccc(Cl)c24)C3)C[C@@H]1CC#N. The Morgan fingerprint density at radius 1 is 1.16 bits per heavy atom. The standard InChI is InChI=1S/C33H35ClF2N6O3/c1-2-29(43)42-16-15-41(20-23(42)10-13-37)31-25-11-14-40(28-8-4-6-22-5-3-7-26(34)30(22)28)21-27(25)38-32(39-31)45-18-17-44-24-9-12-33(35,36)19-24/h2-8,23-24H,1,9-12,14-21H2/t23-,24?/m0/s1. The average Bonchev–Trinajstić information content (AvgIpc) is 3.40. The molecule has 1 aliphatic carbocycles. The van der Waals surface area contributed by atoms with E-state index in [4.69, 9.17) is 31.0 Å². The van der Waals surface area contributed by atoms with Crippen molar-refractivity contribution in [2.75, 3.05) is 49.2 Å². The molecule has 236 valence electrons. The lowest BCUT2D eigenvalue weighted by Gasteiger charge is -2.42. The van der Waals surface area contributed by atoms with Crippen LogP contribution < -0.4 is 14.5 Å². The van der Waals surface area contributed by atoms with Gasteiger partial charge in [0.2, 0.25) is 5.91 Å². The van der Waals surface area contributed by atoms with Crippen LogP contribution in [0.25, 0.3) is 10.8 Å². The zero-order valence-corrected chi connectivity index (χ0v) is 25.7. The maximum atomic E-state index is 13.6. The lowest BCUT2D eigenvalue weighted by molar-refractivity contribution is -0.128. The molecule has 6 rings (SSSR count). The van der Waals surface area contributed by atoms with Gasteiger partial charge in [0.05, 0.1) is 48.5 Å². The number of rotatable bonds is 9. The molecule has 0 bridgehead atoms. The molecule has 3 heterocycles. The van der Waals surface area contributed by atoms with Gasteiger partial charge in [-0.2, -0.15) is 15.2 Å². The van der Waals surface area contributed by atoms with Crippen molar-refractivity contribution < 1.29 is 23.0 Å². The van der Waals surface area contributed by atoms with Gasteiger partial charge in [-0.25, -0.2) is 8.78 Å². The molecule has 1 aromatic heterocycles. The van der Waals surface area contributed by atoms with Crippen LogP contribution in [0.15, 0.2) is 49.1 Å². The summed E-state index contributed by atoms with van der Waals surface area (Å²) in [5.74, 6) is -2.16. The number of alkyl halides is 2. The van der Waals surface area contributed by atoms with Gasteiger partial charge < -0.3 is 24.2 Å². The fourth-order valence-corrected chi connectivity index (χ4v) is 6.87. The number of hydrogen-bond donors (Lipinski definition) is 0. The van der Waals surface area contributed by atoms with Crippen LogP contribution in [-0.4, -0.2) is 78.2 Å². The molecule has 12 heteroatoms. The molecule has 1 saturated carbocycles. The van der Waals surface area contributed by atoms with Gasteiger partial charge in [-0.15, -0.1) is 0 Å². The molecule has 2 fully saturated rings. The lowest BCUT2D eigenvalue weighted by Crippen LogP contribution is -2.55. The summed E-state index contributed by atoms with van der Waals surface area (Å²) in [6.45, 7) is 6.45. The number of nitriles is 1. The van der Waals surface area contributed by atoms with E-state index in [0.717, 1.165) is 33.5 Å². The van der Waals surface area contributed by atoms with E-state index in [2.05, 4.69) is 28.5 Å². The first-order valence-corrected chi connectivity index (χ1v) is 15.6. The van der Waals surface area contributed by atoms with E-state index < -0.39 is 12.0 Å². The summed E-state index contributed by atoms with van der Waals surface area (Å²) >= 11 is 6.66. The van der Waals surface area contributed by atoms with Crippen LogP contribution in [-0.2, 0) is 22.5 Å². The van der Waals surface area contributed by atoms with Gasteiger partial charge in [0.25, 0.3) is 5.92 Å². The van der Waals surface area contributed by atoms with Crippen LogP contribution in [0.3, 0.4) is 0 Å². The highest BCUT2D eigenvalue weighted by atomic mass is 35.5. The minimum atomic E-state index is -2.67. The molecule has 9 nitrogen and oxygen atoms in total. The van der Waals surface area contributed by atoms with Gasteiger partial charge in [0.15, 0.2) is 0 Å². The highest BCUT2D eigenvalue weighted by molar-refractivity contribution is 6.36. The predicted molar refractivity (Wildman–Crippen MR) is 168 cm³/mol. The van der Waals surface area contributed by atoms with Crippen LogP contribution in [0.4, 0.5) is 20.3 Å². The van der Waals surface area contributed by atoms with Crippen molar-refractivity contribution in [3.8, 4) is 12.1 Å². The number of ether oxygens (including phenoxy) is 2. The first-order chi connectivity index (χ1) is 21.8. The second-order valence-electron chi connectivity index (χ2n) is 11.7. The van der Waals surface area contributed by atoms with E-state index in [9.17, 15) is 18.8 Å². The van der Waals surface area contributed by atoms with Crippen molar-refractivity contribution >= 4 is 39.8 Å². The molecule has 1 saturated heterocycles. The smallest absolute Gasteiger partial charge is 0.318 e. The Morgan fingerprint density at radius 3 is 2.73 bits per heavy atom. The summed E-state index contributed by atoms with van der Waals surface area (Å²) in [6.07, 6.45) is 1.53. The average molecular weight is 637 g/mol. The molecular formula is C33H35ClF2N6O3. The second-order valence-corrected chi connectivity index (χ2v) is 12.1. The van der Waals surface area contributed by atoms with Crippen molar-refractivity contribution in [2.24, 2.45) is 0 Å². The summed E-state index contributed by atoms with van der Waals surface area (Å²) in [4.78, 5) is 28.2. The quantitative estimate of drug-likeness (QED) is 0.223. The van der Waals surface area contributed by atoms with Crippen molar-refractivity contribution in [1.82, 2.24) is 14.9 Å².